The van der Waals surface area contributed by atoms with E-state index >= 15 is 0 Å². The van der Waals surface area contributed by atoms with Gasteiger partial charge in [-0.05, 0) is 44.9 Å². The first-order valence-electron chi connectivity index (χ1n) is 16.6. The molecule has 10 atom stereocenters. The van der Waals surface area contributed by atoms with Crippen LogP contribution in [0.25, 0.3) is 0 Å². The number of aliphatic hydroxyl groups excluding tert-OH is 2. The van der Waals surface area contributed by atoms with Crippen LogP contribution in [0.5, 0.6) is 0 Å². The summed E-state index contributed by atoms with van der Waals surface area (Å²) >= 11 is 0. The number of hydrazine groups is 1. The van der Waals surface area contributed by atoms with Gasteiger partial charge in [-0.3, -0.25) is 10.6 Å². The van der Waals surface area contributed by atoms with Gasteiger partial charge < -0.3 is 45.5 Å². The van der Waals surface area contributed by atoms with Gasteiger partial charge in [0.1, 0.15) is 24.3 Å². The third-order valence-electron chi connectivity index (χ3n) is 11.0. The van der Waals surface area contributed by atoms with Crippen LogP contribution in [0.2, 0.25) is 0 Å². The topological polar surface area (TPSA) is 237 Å². The number of carbonyl (C=O) groups excluding carboxylic acids is 4. The summed E-state index contributed by atoms with van der Waals surface area (Å²) in [6, 6.07) is -2.74. The Balaban J connectivity index is 1.54. The Bertz CT molecular complexity index is 1210. The number of primary amides is 1. The number of ether oxygens (including phenoxy) is 4. The number of carbonyl (C=O) groups is 4. The molecule has 3 fully saturated rings. The lowest BCUT2D eigenvalue weighted by atomic mass is 9.51. The average molecular weight is 668 g/mol. The molecular weight excluding hydrogens is 614 g/mol. The predicted octanol–water partition coefficient (Wildman–Crippen LogP) is -0.0851. The molecule has 2 aliphatic heterocycles. The first-order chi connectivity index (χ1) is 22.2. The van der Waals surface area contributed by atoms with Crippen LogP contribution in [0.3, 0.4) is 0 Å². The minimum atomic E-state index is -1.41. The molecule has 15 nitrogen and oxygen atoms in total. The number of hydrogen-bond acceptors (Lipinski definition) is 12. The van der Waals surface area contributed by atoms with Gasteiger partial charge >= 0.3 is 18.0 Å². The Morgan fingerprint density at radius 1 is 1.17 bits per heavy atom. The van der Waals surface area contributed by atoms with Crippen LogP contribution in [0, 0.1) is 22.7 Å². The molecule has 47 heavy (non-hydrogen) atoms. The number of rotatable bonds is 16. The zero-order chi connectivity index (χ0) is 34.7. The van der Waals surface area contributed by atoms with Crippen LogP contribution in [-0.2, 0) is 33.3 Å². The predicted molar refractivity (Wildman–Crippen MR) is 168 cm³/mol. The van der Waals surface area contributed by atoms with Gasteiger partial charge in [-0.25, -0.2) is 19.8 Å². The Hall–Kier alpha value is -2.82. The lowest BCUT2D eigenvalue weighted by molar-refractivity contribution is -0.232. The van der Waals surface area contributed by atoms with E-state index in [0.29, 0.717) is 19.4 Å². The van der Waals surface area contributed by atoms with Gasteiger partial charge in [0.2, 0.25) is 12.0 Å². The van der Waals surface area contributed by atoms with Gasteiger partial charge in [-0.2, -0.15) is 0 Å². The number of urea groups is 1. The zero-order valence-electron chi connectivity index (χ0n) is 28.1. The summed E-state index contributed by atoms with van der Waals surface area (Å²) in [7, 11) is 0. The number of nitrogens with two attached hydrogens (primary N) is 2. The van der Waals surface area contributed by atoms with Gasteiger partial charge in [0.15, 0.2) is 0 Å². The van der Waals surface area contributed by atoms with Gasteiger partial charge in [0.05, 0.1) is 24.9 Å². The summed E-state index contributed by atoms with van der Waals surface area (Å²) in [5.41, 5.74) is 6.52. The van der Waals surface area contributed by atoms with Gasteiger partial charge in [-0.15, -0.1) is 0 Å². The van der Waals surface area contributed by atoms with E-state index in [9.17, 15) is 29.4 Å². The molecule has 2 aliphatic carbocycles. The molecule has 0 aromatic rings. The van der Waals surface area contributed by atoms with E-state index in [2.05, 4.69) is 16.1 Å². The summed E-state index contributed by atoms with van der Waals surface area (Å²) in [5, 5.41) is 26.2. The Morgan fingerprint density at radius 3 is 2.47 bits per heavy atom. The van der Waals surface area contributed by atoms with Crippen molar-refractivity contribution in [1.82, 2.24) is 16.1 Å². The molecule has 1 unspecified atom stereocenters. The van der Waals surface area contributed by atoms with Crippen molar-refractivity contribution in [2.24, 2.45) is 34.2 Å². The van der Waals surface area contributed by atoms with Crippen molar-refractivity contribution in [3.63, 3.8) is 0 Å². The van der Waals surface area contributed by atoms with E-state index in [0.717, 1.165) is 12.0 Å². The van der Waals surface area contributed by atoms with Crippen molar-refractivity contribution in [1.29, 1.82) is 0 Å². The molecule has 0 aromatic carbocycles. The first kappa shape index (κ1) is 37.0. The third-order valence-corrected chi connectivity index (χ3v) is 11.0. The lowest BCUT2D eigenvalue weighted by Crippen LogP contribution is -2.66. The molecule has 3 amide bonds. The molecule has 0 radical (unpaired) electrons. The molecule has 1 spiro atoms. The third kappa shape index (κ3) is 7.01. The number of hydrogen-bond donors (Lipinski definition) is 7. The van der Waals surface area contributed by atoms with E-state index < -0.39 is 76.6 Å². The van der Waals surface area contributed by atoms with Crippen LogP contribution in [0.15, 0.2) is 11.6 Å². The lowest BCUT2D eigenvalue weighted by Gasteiger charge is -2.58. The fourth-order valence-electron chi connectivity index (χ4n) is 7.84. The molecule has 4 aliphatic rings. The molecule has 2 saturated heterocycles. The highest BCUT2D eigenvalue weighted by Crippen LogP contribution is 2.71. The number of nitrogens with one attached hydrogen (secondary N) is 3. The monoisotopic (exact) mass is 667 g/mol. The quantitative estimate of drug-likeness (QED) is 0.0286. The molecular formula is C32H53N5O10. The van der Waals surface area contributed by atoms with E-state index in [1.807, 2.05) is 19.9 Å². The summed E-state index contributed by atoms with van der Waals surface area (Å²) in [5.74, 6) is 2.48. The highest BCUT2D eigenvalue weighted by atomic mass is 16.6. The molecule has 1 saturated carbocycles. The molecule has 266 valence electrons. The largest absolute Gasteiger partial charge is 0.462 e. The Kier molecular flexibility index (Phi) is 11.6. The van der Waals surface area contributed by atoms with Crippen LogP contribution in [0.4, 0.5) is 4.79 Å². The molecule has 0 aromatic heterocycles. The van der Waals surface area contributed by atoms with Crippen molar-refractivity contribution >= 4 is 23.9 Å². The van der Waals surface area contributed by atoms with E-state index in [1.165, 1.54) is 0 Å². The van der Waals surface area contributed by atoms with Crippen molar-refractivity contribution in [2.45, 2.75) is 115 Å². The highest BCUT2D eigenvalue weighted by Gasteiger charge is 2.82. The van der Waals surface area contributed by atoms with Gasteiger partial charge in [-0.1, -0.05) is 39.3 Å². The van der Waals surface area contributed by atoms with E-state index in [4.69, 9.17) is 30.5 Å². The standard InChI is InChI=1S/C32H53N5O10/c1-17(2)24(37-34)26(40)36-20(7-6-11-35-29(33)43)27(41)47-25(19(4)9-12-38)28(42)44-15-31-10-8-18(3)13-22(31)46-23-14-21(39)30(31,5)32(23)16-45-32/h13,17,19-25,37-39H,6-12,14-16,34H2,1-5H3,(H,36,40)(H3,33,35,43)/t19-,20+,21-,22?,23-,24+,25+,30-,31-,32+/m1/s1. The number of epoxide rings is 1. The molecule has 15 heteroatoms. The second-order valence-electron chi connectivity index (χ2n) is 14.2. The van der Waals surface area contributed by atoms with Gasteiger partial charge in [0.25, 0.3) is 0 Å². The minimum Gasteiger partial charge on any atom is -0.462 e. The summed E-state index contributed by atoms with van der Waals surface area (Å²) in [6.45, 7) is 9.45. The normalized spacial score (nSPS) is 33.2. The average Bonchev–Trinajstić information content (AvgIpc) is 3.79. The fraction of sp³-hybridized carbons (Fsp3) is 0.812. The number of amides is 3. The van der Waals surface area contributed by atoms with Gasteiger partial charge in [0, 0.05) is 36.3 Å². The zero-order valence-corrected chi connectivity index (χ0v) is 28.1. The van der Waals surface area contributed by atoms with Crippen LogP contribution in [0.1, 0.15) is 73.1 Å². The smallest absolute Gasteiger partial charge is 0.347 e. The molecule has 2 bridgehead atoms. The van der Waals surface area contributed by atoms with Crippen molar-refractivity contribution in [3.8, 4) is 0 Å². The minimum absolute atomic E-state index is 0.0592. The van der Waals surface area contributed by atoms with Crippen molar-refractivity contribution in [3.05, 3.63) is 11.6 Å². The van der Waals surface area contributed by atoms with Crippen LogP contribution < -0.4 is 27.6 Å². The van der Waals surface area contributed by atoms with Crippen molar-refractivity contribution in [2.75, 3.05) is 26.4 Å². The fourth-order valence-corrected chi connectivity index (χ4v) is 7.84. The summed E-state index contributed by atoms with van der Waals surface area (Å²) < 4.78 is 24.3. The molecule has 9 N–H and O–H groups in total. The highest BCUT2D eigenvalue weighted by molar-refractivity contribution is 5.89. The number of esters is 2. The second kappa shape index (κ2) is 14.7. The maximum absolute atomic E-state index is 13.9. The maximum Gasteiger partial charge on any atom is 0.347 e. The Labute approximate surface area is 275 Å². The first-order valence-corrected chi connectivity index (χ1v) is 16.6. The molecule has 2 heterocycles. The van der Waals surface area contributed by atoms with Crippen LogP contribution >= 0.6 is 0 Å². The van der Waals surface area contributed by atoms with E-state index in [1.54, 1.807) is 20.8 Å². The van der Waals surface area contributed by atoms with Crippen molar-refractivity contribution < 1.29 is 48.3 Å². The SMILES string of the molecule is CC1=CC2O[C@@H]3C[C@@H](O)[C@](C)([C@@]2(COC(=O)[C@@H](OC(=O)[C@H](CCCNC(N)=O)NC(=O)[C@@H](NN)C(C)C)[C@H](C)CCO)CC1)[C@]31CO1. The van der Waals surface area contributed by atoms with E-state index in [-0.39, 0.29) is 51.0 Å². The summed E-state index contributed by atoms with van der Waals surface area (Å²) in [6.07, 6.45) is 1.39. The number of allylic oxidation sites excluding steroid dienone is 1. The number of fused-ring (bicyclic) bond motifs is 2. The van der Waals surface area contributed by atoms with Crippen LogP contribution in [-0.4, -0.2) is 103 Å². The Morgan fingerprint density at radius 2 is 1.87 bits per heavy atom. The summed E-state index contributed by atoms with van der Waals surface area (Å²) in [4.78, 5) is 51.6. The number of aliphatic hydroxyl groups is 2. The molecule has 4 rings (SSSR count). The maximum atomic E-state index is 13.9. The second-order valence-corrected chi connectivity index (χ2v) is 14.2.